The molecule has 0 aliphatic carbocycles. The van der Waals surface area contributed by atoms with Crippen molar-refractivity contribution < 1.29 is 17.6 Å². The van der Waals surface area contributed by atoms with E-state index >= 15 is 0 Å². The molecular formula is C16H11ClF3N3O2S. The Kier molecular flexibility index (Phi) is 5.10. The number of aromatic amines is 1. The highest BCUT2D eigenvalue weighted by atomic mass is 35.5. The van der Waals surface area contributed by atoms with Crippen molar-refractivity contribution >= 4 is 23.4 Å². The van der Waals surface area contributed by atoms with E-state index < -0.39 is 17.4 Å². The fourth-order valence-corrected chi connectivity index (χ4v) is 3.07. The van der Waals surface area contributed by atoms with Gasteiger partial charge in [0.25, 0.3) is 5.56 Å². The lowest BCUT2D eigenvalue weighted by molar-refractivity contribution is -0.141. The molecule has 0 aliphatic rings. The van der Waals surface area contributed by atoms with Gasteiger partial charge in [-0.15, -0.1) is 0 Å². The van der Waals surface area contributed by atoms with E-state index in [4.69, 9.17) is 16.0 Å². The monoisotopic (exact) mass is 401 g/mol. The molecule has 0 bridgehead atoms. The Hall–Kier alpha value is -2.26. The van der Waals surface area contributed by atoms with Gasteiger partial charge in [-0.3, -0.25) is 4.79 Å². The largest absolute Gasteiger partial charge is 0.441 e. The zero-order valence-corrected chi connectivity index (χ0v) is 14.8. The fraction of sp³-hybridized carbons (Fsp3) is 0.188. The van der Waals surface area contributed by atoms with Crippen LogP contribution in [0.4, 0.5) is 13.2 Å². The minimum atomic E-state index is -4.69. The van der Waals surface area contributed by atoms with Crippen LogP contribution in [0.2, 0.25) is 5.02 Å². The predicted octanol–water partition coefficient (Wildman–Crippen LogP) is 4.70. The van der Waals surface area contributed by atoms with Crippen LogP contribution in [0.25, 0.3) is 11.5 Å². The van der Waals surface area contributed by atoms with Gasteiger partial charge < -0.3 is 9.40 Å². The molecule has 0 amide bonds. The maximum absolute atomic E-state index is 12.7. The van der Waals surface area contributed by atoms with E-state index in [1.807, 2.05) is 0 Å². The van der Waals surface area contributed by atoms with Gasteiger partial charge in [-0.1, -0.05) is 23.4 Å². The van der Waals surface area contributed by atoms with E-state index in [2.05, 4.69) is 15.0 Å². The molecule has 10 heteroatoms. The molecule has 1 aromatic carbocycles. The summed E-state index contributed by atoms with van der Waals surface area (Å²) in [6.45, 7) is 1.70. The molecule has 2 aromatic heterocycles. The number of hydrogen-bond acceptors (Lipinski definition) is 5. The Morgan fingerprint density at radius 2 is 1.92 bits per heavy atom. The number of aryl methyl sites for hydroxylation is 1. The molecule has 1 N–H and O–H groups in total. The summed E-state index contributed by atoms with van der Waals surface area (Å²) in [7, 11) is 0. The lowest BCUT2D eigenvalue weighted by Crippen LogP contribution is -2.16. The van der Waals surface area contributed by atoms with Crippen LogP contribution in [0.1, 0.15) is 17.1 Å². The van der Waals surface area contributed by atoms with Crippen LogP contribution in [0.3, 0.4) is 0 Å². The summed E-state index contributed by atoms with van der Waals surface area (Å²) < 4.78 is 43.8. The number of hydrogen-bond donors (Lipinski definition) is 1. The molecule has 0 saturated heterocycles. The molecule has 26 heavy (non-hydrogen) atoms. The number of halogens is 4. The second-order valence-corrected chi connectivity index (χ2v) is 6.65. The van der Waals surface area contributed by atoms with Gasteiger partial charge in [-0.2, -0.15) is 13.2 Å². The zero-order valence-electron chi connectivity index (χ0n) is 13.2. The van der Waals surface area contributed by atoms with Gasteiger partial charge in [0.05, 0.1) is 5.69 Å². The van der Waals surface area contributed by atoms with Gasteiger partial charge >= 0.3 is 6.18 Å². The molecule has 136 valence electrons. The molecule has 0 unspecified atom stereocenters. The third-order valence-corrected chi connectivity index (χ3v) is 4.48. The van der Waals surface area contributed by atoms with Crippen molar-refractivity contribution in [2.24, 2.45) is 0 Å². The van der Waals surface area contributed by atoms with Gasteiger partial charge in [0.15, 0.2) is 10.9 Å². The predicted molar refractivity (Wildman–Crippen MR) is 91.1 cm³/mol. The number of aromatic nitrogens is 3. The van der Waals surface area contributed by atoms with E-state index in [1.54, 1.807) is 31.2 Å². The molecule has 0 spiro atoms. The average Bonchev–Trinajstić information content (AvgIpc) is 2.93. The van der Waals surface area contributed by atoms with Crippen molar-refractivity contribution in [1.29, 1.82) is 0 Å². The first-order valence-corrected chi connectivity index (χ1v) is 8.62. The van der Waals surface area contributed by atoms with Crippen LogP contribution in [-0.4, -0.2) is 15.0 Å². The van der Waals surface area contributed by atoms with Gasteiger partial charge in [0.2, 0.25) is 5.89 Å². The van der Waals surface area contributed by atoms with Crippen LogP contribution < -0.4 is 5.56 Å². The van der Waals surface area contributed by atoms with E-state index in [9.17, 15) is 18.0 Å². The number of oxazole rings is 1. The van der Waals surface area contributed by atoms with E-state index in [0.717, 1.165) is 17.3 Å². The second-order valence-electron chi connectivity index (χ2n) is 5.25. The first-order valence-electron chi connectivity index (χ1n) is 7.26. The fourth-order valence-electron chi connectivity index (χ4n) is 2.06. The van der Waals surface area contributed by atoms with Crippen molar-refractivity contribution in [1.82, 2.24) is 15.0 Å². The molecule has 0 saturated carbocycles. The van der Waals surface area contributed by atoms with Crippen LogP contribution in [-0.2, 0) is 11.9 Å². The Labute approximate surface area is 154 Å². The number of benzene rings is 1. The Balaban J connectivity index is 1.79. The number of thioether (sulfide) groups is 1. The first-order chi connectivity index (χ1) is 12.2. The number of nitrogens with zero attached hydrogens (tertiary/aromatic N) is 2. The van der Waals surface area contributed by atoms with Gasteiger partial charge in [-0.05, 0) is 31.2 Å². The van der Waals surface area contributed by atoms with E-state index in [1.165, 1.54) is 0 Å². The molecule has 3 aromatic rings. The number of H-pyrrole nitrogens is 1. The van der Waals surface area contributed by atoms with E-state index in [0.29, 0.717) is 28.4 Å². The molecule has 3 rings (SSSR count). The van der Waals surface area contributed by atoms with Crippen molar-refractivity contribution in [2.45, 2.75) is 24.0 Å². The maximum Gasteiger partial charge on any atom is 0.433 e. The average molecular weight is 402 g/mol. The SMILES string of the molecule is Cc1oc(-c2ccc(Cl)cc2)nc1CSc1nc(C(F)(F)F)cc(=O)[nH]1. The summed E-state index contributed by atoms with van der Waals surface area (Å²) in [6.07, 6.45) is -4.69. The number of alkyl halides is 3. The number of rotatable bonds is 4. The zero-order chi connectivity index (χ0) is 18.9. The third-order valence-electron chi connectivity index (χ3n) is 3.34. The topological polar surface area (TPSA) is 71.8 Å². The van der Waals surface area contributed by atoms with Crippen molar-refractivity contribution in [3.05, 3.63) is 62.9 Å². The third kappa shape index (κ3) is 4.28. The highest BCUT2D eigenvalue weighted by Crippen LogP contribution is 2.29. The lowest BCUT2D eigenvalue weighted by atomic mass is 10.2. The summed E-state index contributed by atoms with van der Waals surface area (Å²) in [4.78, 5) is 21.5. The highest BCUT2D eigenvalue weighted by molar-refractivity contribution is 7.98. The lowest BCUT2D eigenvalue weighted by Gasteiger charge is -2.06. The Morgan fingerprint density at radius 3 is 2.58 bits per heavy atom. The molecule has 2 heterocycles. The summed E-state index contributed by atoms with van der Waals surface area (Å²) in [5, 5.41) is 0.438. The van der Waals surface area contributed by atoms with Crippen LogP contribution in [0.5, 0.6) is 0 Å². The smallest absolute Gasteiger partial charge is 0.433 e. The first kappa shape index (κ1) is 18.5. The molecule has 0 radical (unpaired) electrons. The van der Waals surface area contributed by atoms with Gasteiger partial charge in [-0.25, -0.2) is 9.97 Å². The van der Waals surface area contributed by atoms with E-state index in [-0.39, 0.29) is 10.9 Å². The minimum absolute atomic E-state index is 0.139. The Bertz CT molecular complexity index is 984. The van der Waals surface area contributed by atoms with Crippen molar-refractivity contribution in [2.75, 3.05) is 0 Å². The van der Waals surface area contributed by atoms with Gasteiger partial charge in [0.1, 0.15) is 5.76 Å². The molecule has 0 atom stereocenters. The van der Waals surface area contributed by atoms with Crippen LogP contribution in [0.15, 0.2) is 44.7 Å². The van der Waals surface area contributed by atoms with Crippen molar-refractivity contribution in [3.8, 4) is 11.5 Å². The molecule has 5 nitrogen and oxygen atoms in total. The quantitative estimate of drug-likeness (QED) is 0.507. The van der Waals surface area contributed by atoms with Crippen molar-refractivity contribution in [3.63, 3.8) is 0 Å². The summed E-state index contributed by atoms with van der Waals surface area (Å²) >= 11 is 6.77. The van der Waals surface area contributed by atoms with Crippen LogP contribution >= 0.6 is 23.4 Å². The molecule has 0 fully saturated rings. The molecule has 0 aliphatic heterocycles. The standard InChI is InChI=1S/C16H11ClF3N3O2S/c1-8-11(21-14(25-8)9-2-4-10(17)5-3-9)7-26-15-22-12(16(18,19)20)6-13(24)23-15/h2-6H,7H2,1H3,(H,22,23,24). The summed E-state index contributed by atoms with van der Waals surface area (Å²) in [6, 6.07) is 7.31. The number of nitrogens with one attached hydrogen (secondary N) is 1. The minimum Gasteiger partial charge on any atom is -0.441 e. The van der Waals surface area contributed by atoms with Gasteiger partial charge in [0, 0.05) is 22.4 Å². The maximum atomic E-state index is 12.7. The second kappa shape index (κ2) is 7.16. The normalized spacial score (nSPS) is 11.7. The highest BCUT2D eigenvalue weighted by Gasteiger charge is 2.33. The molecular weight excluding hydrogens is 391 g/mol. The Morgan fingerprint density at radius 1 is 1.23 bits per heavy atom. The summed E-state index contributed by atoms with van der Waals surface area (Å²) in [5.41, 5.74) is -0.838. The van der Waals surface area contributed by atoms with Crippen LogP contribution in [0, 0.1) is 6.92 Å². The summed E-state index contributed by atoms with van der Waals surface area (Å²) in [5.74, 6) is 1.09.